The second-order valence-corrected chi connectivity index (χ2v) is 10.4. The third-order valence-corrected chi connectivity index (χ3v) is 6.72. The van der Waals surface area contributed by atoms with E-state index in [9.17, 15) is 4.79 Å². The molecule has 0 unspecified atom stereocenters. The number of amides is 1. The zero-order chi connectivity index (χ0) is 24.7. The Morgan fingerprint density at radius 3 is 2.53 bits per heavy atom. The molecule has 1 aromatic heterocycles. The molecule has 3 rings (SSSR count). The van der Waals surface area contributed by atoms with Gasteiger partial charge in [-0.25, -0.2) is 0 Å². The van der Waals surface area contributed by atoms with Crippen molar-refractivity contribution in [3.8, 4) is 5.75 Å². The number of rotatable bonds is 11. The average molecular weight is 544 g/mol. The zero-order valence-corrected chi connectivity index (χ0v) is 22.4. The molecule has 180 valence electrons. The van der Waals surface area contributed by atoms with Gasteiger partial charge in [-0.2, -0.15) is 0 Å². The average Bonchev–Trinajstić information content (AvgIpc) is 3.19. The summed E-state index contributed by atoms with van der Waals surface area (Å²) < 4.78 is 8.84. The highest BCUT2D eigenvalue weighted by atomic mass is 79.9. The highest BCUT2D eigenvalue weighted by Crippen LogP contribution is 2.28. The van der Waals surface area contributed by atoms with Crippen LogP contribution in [0.3, 0.4) is 0 Å². The number of allylic oxidation sites excluding steroid dienone is 1. The van der Waals surface area contributed by atoms with Crippen molar-refractivity contribution < 1.29 is 9.53 Å². The molecule has 0 saturated heterocycles. The van der Waals surface area contributed by atoms with Crippen LogP contribution in [0.25, 0.3) is 0 Å². The molecule has 0 spiro atoms. The van der Waals surface area contributed by atoms with Gasteiger partial charge in [-0.1, -0.05) is 73.6 Å². The first-order valence-electron chi connectivity index (χ1n) is 11.3. The first kappa shape index (κ1) is 26.0. The van der Waals surface area contributed by atoms with Crippen LogP contribution in [-0.4, -0.2) is 26.4 Å². The lowest BCUT2D eigenvalue weighted by atomic mass is 10.0. The summed E-state index contributed by atoms with van der Waals surface area (Å²) in [5.74, 6) is 2.36. The predicted octanol–water partition coefficient (Wildman–Crippen LogP) is 6.78. The van der Waals surface area contributed by atoms with Crippen molar-refractivity contribution in [3.63, 3.8) is 0 Å². The summed E-state index contributed by atoms with van der Waals surface area (Å²) in [6, 6.07) is 14.0. The zero-order valence-electron chi connectivity index (χ0n) is 20.0. The summed E-state index contributed by atoms with van der Waals surface area (Å²) in [5, 5.41) is 12.2. The van der Waals surface area contributed by atoms with E-state index in [1.165, 1.54) is 17.3 Å². The molecule has 0 aliphatic heterocycles. The summed E-state index contributed by atoms with van der Waals surface area (Å²) >= 11 is 4.84. The molecular weight excluding hydrogens is 512 g/mol. The summed E-state index contributed by atoms with van der Waals surface area (Å²) in [7, 11) is 0. The molecule has 2 aromatic carbocycles. The molecule has 6 nitrogen and oxygen atoms in total. The van der Waals surface area contributed by atoms with E-state index in [0.29, 0.717) is 29.4 Å². The van der Waals surface area contributed by atoms with Crippen molar-refractivity contribution in [2.75, 3.05) is 11.1 Å². The highest BCUT2D eigenvalue weighted by molar-refractivity contribution is 9.10. The van der Waals surface area contributed by atoms with Crippen LogP contribution in [0.4, 0.5) is 5.69 Å². The second kappa shape index (κ2) is 12.2. The number of aromatic nitrogens is 3. The summed E-state index contributed by atoms with van der Waals surface area (Å²) in [5.41, 5.74) is 3.18. The van der Waals surface area contributed by atoms with E-state index in [1.54, 1.807) is 6.08 Å². The van der Waals surface area contributed by atoms with Crippen molar-refractivity contribution >= 4 is 39.3 Å². The van der Waals surface area contributed by atoms with E-state index < -0.39 is 0 Å². The van der Waals surface area contributed by atoms with Crippen molar-refractivity contribution in [2.45, 2.75) is 57.8 Å². The van der Waals surface area contributed by atoms with Gasteiger partial charge in [-0.15, -0.1) is 16.8 Å². The largest absolute Gasteiger partial charge is 0.486 e. The monoisotopic (exact) mass is 542 g/mol. The predicted molar refractivity (Wildman–Crippen MR) is 143 cm³/mol. The van der Waals surface area contributed by atoms with Crippen LogP contribution in [-0.2, 0) is 17.9 Å². The van der Waals surface area contributed by atoms with Crippen LogP contribution >= 0.6 is 27.7 Å². The van der Waals surface area contributed by atoms with Crippen LogP contribution in [0.15, 0.2) is 64.7 Å². The van der Waals surface area contributed by atoms with E-state index in [-0.39, 0.29) is 18.3 Å². The molecule has 3 aromatic rings. The Balaban J connectivity index is 1.63. The van der Waals surface area contributed by atoms with Crippen LogP contribution in [0, 0.1) is 0 Å². The van der Waals surface area contributed by atoms with Gasteiger partial charge in [0.05, 0.1) is 5.75 Å². The number of carbonyl (C=O) groups is 1. The summed E-state index contributed by atoms with van der Waals surface area (Å²) in [6.45, 7) is 13.2. The molecule has 0 fully saturated rings. The van der Waals surface area contributed by atoms with E-state index in [1.807, 2.05) is 34.9 Å². The molecule has 0 atom stereocenters. The number of ether oxygens (including phenoxy) is 1. The summed E-state index contributed by atoms with van der Waals surface area (Å²) in [6.07, 6.45) is 1.78. The fourth-order valence-corrected chi connectivity index (χ4v) is 4.53. The Morgan fingerprint density at radius 2 is 1.88 bits per heavy atom. The van der Waals surface area contributed by atoms with Gasteiger partial charge in [0.2, 0.25) is 5.91 Å². The smallest absolute Gasteiger partial charge is 0.234 e. The Morgan fingerprint density at radius 1 is 1.15 bits per heavy atom. The molecule has 34 heavy (non-hydrogen) atoms. The van der Waals surface area contributed by atoms with Gasteiger partial charge >= 0.3 is 0 Å². The van der Waals surface area contributed by atoms with Gasteiger partial charge in [0.25, 0.3) is 0 Å². The first-order chi connectivity index (χ1) is 16.3. The maximum atomic E-state index is 12.7. The molecule has 8 heteroatoms. The minimum absolute atomic E-state index is 0.0922. The van der Waals surface area contributed by atoms with Gasteiger partial charge in [-0.05, 0) is 53.3 Å². The lowest BCUT2D eigenvalue weighted by Gasteiger charge is -2.14. The maximum Gasteiger partial charge on any atom is 0.234 e. The van der Waals surface area contributed by atoms with Crippen LogP contribution in [0.2, 0.25) is 0 Å². The van der Waals surface area contributed by atoms with Crippen LogP contribution < -0.4 is 10.1 Å². The lowest BCUT2D eigenvalue weighted by Crippen LogP contribution is -2.16. The van der Waals surface area contributed by atoms with Crippen LogP contribution in [0.1, 0.15) is 56.5 Å². The van der Waals surface area contributed by atoms with Crippen molar-refractivity contribution in [3.05, 3.63) is 76.5 Å². The van der Waals surface area contributed by atoms with Crippen molar-refractivity contribution in [2.24, 2.45) is 0 Å². The molecule has 0 bridgehead atoms. The third-order valence-electron chi connectivity index (χ3n) is 5.26. The minimum Gasteiger partial charge on any atom is -0.486 e. The number of benzene rings is 2. The topological polar surface area (TPSA) is 69.0 Å². The standard InChI is InChI=1S/C26H31BrN4O2S/c1-6-13-31-24(15-33-21-10-7-19(8-11-21)17(2)3)29-30-26(31)34-16-25(32)28-23-12-9-20(27)14-22(23)18(4)5/h6-12,14,17-18H,1,13,15-16H2,2-5H3,(H,28,32). The quantitative estimate of drug-likeness (QED) is 0.213. The number of hydrogen-bond donors (Lipinski definition) is 1. The molecule has 0 radical (unpaired) electrons. The van der Waals surface area contributed by atoms with Crippen LogP contribution in [0.5, 0.6) is 5.75 Å². The number of nitrogens with one attached hydrogen (secondary N) is 1. The fourth-order valence-electron chi connectivity index (χ4n) is 3.38. The van der Waals surface area contributed by atoms with E-state index in [0.717, 1.165) is 21.5 Å². The first-order valence-corrected chi connectivity index (χ1v) is 13.0. The Bertz CT molecular complexity index is 1130. The van der Waals surface area contributed by atoms with E-state index >= 15 is 0 Å². The Hall–Kier alpha value is -2.58. The van der Waals surface area contributed by atoms with Gasteiger partial charge < -0.3 is 10.1 Å². The van der Waals surface area contributed by atoms with Crippen molar-refractivity contribution in [1.82, 2.24) is 14.8 Å². The number of anilines is 1. The number of halogens is 1. The van der Waals surface area contributed by atoms with Gasteiger partial charge in [0.15, 0.2) is 11.0 Å². The Labute approximate surface area is 214 Å². The molecule has 1 N–H and O–H groups in total. The second-order valence-electron chi connectivity index (χ2n) is 8.53. The Kier molecular flexibility index (Phi) is 9.36. The third kappa shape index (κ3) is 6.96. The fraction of sp³-hybridized carbons (Fsp3) is 0.346. The number of thioether (sulfide) groups is 1. The van der Waals surface area contributed by atoms with Gasteiger partial charge in [0, 0.05) is 16.7 Å². The molecule has 0 aliphatic carbocycles. The summed E-state index contributed by atoms with van der Waals surface area (Å²) in [4.78, 5) is 12.7. The van der Waals surface area contributed by atoms with Crippen molar-refractivity contribution in [1.29, 1.82) is 0 Å². The molecule has 1 heterocycles. The van der Waals surface area contributed by atoms with E-state index in [2.05, 4.69) is 77.9 Å². The maximum absolute atomic E-state index is 12.7. The molecular formula is C26H31BrN4O2S. The van der Waals surface area contributed by atoms with E-state index in [4.69, 9.17) is 4.74 Å². The molecule has 0 saturated carbocycles. The lowest BCUT2D eigenvalue weighted by molar-refractivity contribution is -0.113. The normalized spacial score (nSPS) is 11.1. The molecule has 1 amide bonds. The molecule has 0 aliphatic rings. The number of hydrogen-bond acceptors (Lipinski definition) is 5. The SMILES string of the molecule is C=CCn1c(COc2ccc(C(C)C)cc2)nnc1SCC(=O)Nc1ccc(Br)cc1C(C)C. The van der Waals surface area contributed by atoms with Gasteiger partial charge in [0.1, 0.15) is 12.4 Å². The van der Waals surface area contributed by atoms with Gasteiger partial charge in [-0.3, -0.25) is 9.36 Å². The number of nitrogens with zero attached hydrogens (tertiary/aromatic N) is 3. The number of carbonyl (C=O) groups excluding carboxylic acids is 1. The highest BCUT2D eigenvalue weighted by Gasteiger charge is 2.16. The minimum atomic E-state index is -0.0922.